The highest BCUT2D eigenvalue weighted by Gasteiger charge is 2.34. The van der Waals surface area contributed by atoms with E-state index < -0.39 is 17.8 Å². The van der Waals surface area contributed by atoms with Gasteiger partial charge in [0.1, 0.15) is 0 Å². The smallest absolute Gasteiger partial charge is 0.350 e. The number of benzene rings is 1. The van der Waals surface area contributed by atoms with Crippen LogP contribution in [0.15, 0.2) is 24.3 Å². The first-order chi connectivity index (χ1) is 8.86. The first-order valence-corrected chi connectivity index (χ1v) is 5.96. The maximum absolute atomic E-state index is 12.8. The Balaban J connectivity index is 0.00000361. The highest BCUT2D eigenvalue weighted by atomic mass is 35.5. The molecule has 0 saturated heterocycles. The average molecular weight is 311 g/mol. The van der Waals surface area contributed by atoms with Gasteiger partial charge < -0.3 is 10.6 Å². The number of hydrogen-bond donors (Lipinski definition) is 2. The van der Waals surface area contributed by atoms with Crippen molar-refractivity contribution in [3.05, 3.63) is 35.4 Å². The summed E-state index contributed by atoms with van der Waals surface area (Å²) < 4.78 is 38.5. The van der Waals surface area contributed by atoms with E-state index in [1.165, 1.54) is 18.2 Å². The fourth-order valence-electron chi connectivity index (χ4n) is 1.76. The largest absolute Gasteiger partial charge is 0.416 e. The number of rotatable bonds is 5. The lowest BCUT2D eigenvalue weighted by molar-refractivity contribution is -0.138. The summed E-state index contributed by atoms with van der Waals surface area (Å²) >= 11 is 0. The Kier molecular flexibility index (Phi) is 7.60. The van der Waals surface area contributed by atoms with Crippen molar-refractivity contribution in [2.75, 3.05) is 13.6 Å². The Labute approximate surface area is 122 Å². The number of hydrogen-bond acceptors (Lipinski definition) is 2. The normalized spacial score (nSPS) is 12.4. The topological polar surface area (TPSA) is 41.1 Å². The SMILES string of the molecule is CNCCC(=O)NC(C)c1ccccc1C(F)(F)F.Cl. The molecule has 0 radical (unpaired) electrons. The number of nitrogens with one attached hydrogen (secondary N) is 2. The van der Waals surface area contributed by atoms with Crippen LogP contribution in [0.4, 0.5) is 13.2 Å². The minimum atomic E-state index is -4.42. The zero-order valence-corrected chi connectivity index (χ0v) is 12.1. The van der Waals surface area contributed by atoms with Crippen molar-refractivity contribution >= 4 is 18.3 Å². The van der Waals surface area contributed by atoms with E-state index in [2.05, 4.69) is 10.6 Å². The molecule has 1 atom stereocenters. The number of alkyl halides is 3. The number of halogens is 4. The summed E-state index contributed by atoms with van der Waals surface area (Å²) in [7, 11) is 1.70. The third-order valence-electron chi connectivity index (χ3n) is 2.71. The Morgan fingerprint density at radius 2 is 1.90 bits per heavy atom. The molecule has 114 valence electrons. The fourth-order valence-corrected chi connectivity index (χ4v) is 1.76. The van der Waals surface area contributed by atoms with Crippen molar-refractivity contribution in [3.63, 3.8) is 0 Å². The van der Waals surface area contributed by atoms with Gasteiger partial charge >= 0.3 is 6.18 Å². The van der Waals surface area contributed by atoms with Gasteiger partial charge in [0.05, 0.1) is 11.6 Å². The van der Waals surface area contributed by atoms with Crippen molar-refractivity contribution in [3.8, 4) is 0 Å². The van der Waals surface area contributed by atoms with Gasteiger partial charge in [-0.2, -0.15) is 13.2 Å². The minimum Gasteiger partial charge on any atom is -0.350 e. The quantitative estimate of drug-likeness (QED) is 0.878. The molecule has 7 heteroatoms. The molecule has 0 aliphatic rings. The Hall–Kier alpha value is -1.27. The van der Waals surface area contributed by atoms with E-state index in [9.17, 15) is 18.0 Å². The van der Waals surface area contributed by atoms with E-state index in [4.69, 9.17) is 0 Å². The molecule has 3 nitrogen and oxygen atoms in total. The van der Waals surface area contributed by atoms with E-state index in [0.29, 0.717) is 6.54 Å². The van der Waals surface area contributed by atoms with Crippen molar-refractivity contribution in [1.82, 2.24) is 10.6 Å². The van der Waals surface area contributed by atoms with Crippen LogP contribution in [-0.2, 0) is 11.0 Å². The molecule has 0 saturated carbocycles. The van der Waals surface area contributed by atoms with Gasteiger partial charge in [-0.05, 0) is 25.6 Å². The molecular formula is C13H18ClF3N2O. The van der Waals surface area contributed by atoms with E-state index in [0.717, 1.165) is 6.07 Å². The van der Waals surface area contributed by atoms with Gasteiger partial charge in [-0.1, -0.05) is 18.2 Å². The molecular weight excluding hydrogens is 293 g/mol. The lowest BCUT2D eigenvalue weighted by Gasteiger charge is -2.19. The molecule has 0 aromatic heterocycles. The van der Waals surface area contributed by atoms with Crippen LogP contribution in [0.3, 0.4) is 0 Å². The van der Waals surface area contributed by atoms with Gasteiger partial charge in [-0.25, -0.2) is 0 Å². The van der Waals surface area contributed by atoms with Gasteiger partial charge in [0.25, 0.3) is 0 Å². The summed E-state index contributed by atoms with van der Waals surface area (Å²) in [6.45, 7) is 2.03. The van der Waals surface area contributed by atoms with E-state index >= 15 is 0 Å². The van der Waals surface area contributed by atoms with Gasteiger partial charge in [0.15, 0.2) is 0 Å². The molecule has 1 unspecified atom stereocenters. The van der Waals surface area contributed by atoms with Crippen LogP contribution < -0.4 is 10.6 Å². The summed E-state index contributed by atoms with van der Waals surface area (Å²) in [5.41, 5.74) is -0.635. The number of amides is 1. The first kappa shape index (κ1) is 18.7. The van der Waals surface area contributed by atoms with Crippen LogP contribution in [0.5, 0.6) is 0 Å². The molecule has 20 heavy (non-hydrogen) atoms. The van der Waals surface area contributed by atoms with Crippen molar-refractivity contribution in [1.29, 1.82) is 0 Å². The third kappa shape index (κ3) is 5.38. The molecule has 0 fully saturated rings. The summed E-state index contributed by atoms with van der Waals surface area (Å²) in [4.78, 5) is 11.5. The second kappa shape index (κ2) is 8.11. The van der Waals surface area contributed by atoms with Crippen molar-refractivity contribution in [2.45, 2.75) is 25.6 Å². The lowest BCUT2D eigenvalue weighted by atomic mass is 10.0. The summed E-state index contributed by atoms with van der Waals surface area (Å²) in [6.07, 6.45) is -4.18. The Morgan fingerprint density at radius 1 is 1.30 bits per heavy atom. The second-order valence-corrected chi connectivity index (χ2v) is 4.23. The van der Waals surface area contributed by atoms with E-state index in [1.54, 1.807) is 14.0 Å². The van der Waals surface area contributed by atoms with Crippen LogP contribution in [-0.4, -0.2) is 19.5 Å². The van der Waals surface area contributed by atoms with Crippen molar-refractivity contribution < 1.29 is 18.0 Å². The molecule has 0 bridgehead atoms. The maximum Gasteiger partial charge on any atom is 0.416 e. The average Bonchev–Trinajstić information content (AvgIpc) is 2.35. The highest BCUT2D eigenvalue weighted by molar-refractivity contribution is 5.85. The lowest BCUT2D eigenvalue weighted by Crippen LogP contribution is -2.30. The molecule has 1 rings (SSSR count). The Bertz CT molecular complexity index is 438. The molecule has 0 spiro atoms. The standard InChI is InChI=1S/C13H17F3N2O.ClH/c1-9(18-12(19)7-8-17-2)10-5-3-4-6-11(10)13(14,15)16;/h3-6,9,17H,7-8H2,1-2H3,(H,18,19);1H. The number of carbonyl (C=O) groups is 1. The van der Waals surface area contributed by atoms with E-state index in [-0.39, 0.29) is 30.3 Å². The maximum atomic E-state index is 12.8. The van der Waals surface area contributed by atoms with Crippen LogP contribution >= 0.6 is 12.4 Å². The molecule has 1 amide bonds. The third-order valence-corrected chi connectivity index (χ3v) is 2.71. The zero-order valence-electron chi connectivity index (χ0n) is 11.3. The predicted octanol–water partition coefficient (Wildman–Crippen LogP) is 2.91. The van der Waals surface area contributed by atoms with Gasteiger partial charge in [0.2, 0.25) is 5.91 Å². The van der Waals surface area contributed by atoms with Gasteiger partial charge in [-0.15, -0.1) is 12.4 Å². The van der Waals surface area contributed by atoms with Gasteiger partial charge in [0, 0.05) is 13.0 Å². The van der Waals surface area contributed by atoms with Crippen LogP contribution in [0, 0.1) is 0 Å². The molecule has 0 aliphatic carbocycles. The minimum absolute atomic E-state index is 0. The van der Waals surface area contributed by atoms with Crippen LogP contribution in [0.2, 0.25) is 0 Å². The molecule has 2 N–H and O–H groups in total. The van der Waals surface area contributed by atoms with Crippen LogP contribution in [0.25, 0.3) is 0 Å². The molecule has 1 aromatic rings. The fraction of sp³-hybridized carbons (Fsp3) is 0.462. The number of carbonyl (C=O) groups excluding carboxylic acids is 1. The summed E-state index contributed by atoms with van der Waals surface area (Å²) in [5.74, 6) is -0.279. The van der Waals surface area contributed by atoms with Crippen LogP contribution in [0.1, 0.15) is 30.5 Å². The molecule has 0 heterocycles. The van der Waals surface area contributed by atoms with Gasteiger partial charge in [-0.3, -0.25) is 4.79 Å². The predicted molar refractivity (Wildman–Crippen MR) is 73.8 cm³/mol. The van der Waals surface area contributed by atoms with Crippen molar-refractivity contribution in [2.24, 2.45) is 0 Å². The van der Waals surface area contributed by atoms with E-state index in [1.807, 2.05) is 0 Å². The summed E-state index contributed by atoms with van der Waals surface area (Å²) in [6, 6.07) is 4.59. The highest BCUT2D eigenvalue weighted by Crippen LogP contribution is 2.34. The molecule has 1 aromatic carbocycles. The first-order valence-electron chi connectivity index (χ1n) is 5.96. The Morgan fingerprint density at radius 3 is 2.45 bits per heavy atom. The molecule has 0 aliphatic heterocycles. The second-order valence-electron chi connectivity index (χ2n) is 4.23. The zero-order chi connectivity index (χ0) is 14.5. The summed E-state index contributed by atoms with van der Waals surface area (Å²) in [5, 5.41) is 5.37. The monoisotopic (exact) mass is 310 g/mol.